The number of methoxy groups -OCH3 is 1. The molecule has 0 saturated carbocycles. The van der Waals surface area contributed by atoms with Crippen LogP contribution < -0.4 is 0 Å². The minimum atomic E-state index is -1.50. The summed E-state index contributed by atoms with van der Waals surface area (Å²) in [6.07, 6.45) is 2.16. The molecule has 4 aromatic rings. The minimum absolute atomic E-state index is 0.187. The van der Waals surface area contributed by atoms with Crippen LogP contribution in [0.2, 0.25) is 0 Å². The summed E-state index contributed by atoms with van der Waals surface area (Å²) in [6, 6.07) is 14.5. The van der Waals surface area contributed by atoms with Crippen molar-refractivity contribution < 1.29 is 22.3 Å². The Bertz CT molecular complexity index is 1220. The van der Waals surface area contributed by atoms with Crippen molar-refractivity contribution in [3.05, 3.63) is 101 Å². The lowest BCUT2D eigenvalue weighted by Crippen LogP contribution is -1.99. The number of nitrogens with zero attached hydrogens (tertiary/aromatic N) is 1. The van der Waals surface area contributed by atoms with Gasteiger partial charge in [0.05, 0.1) is 12.3 Å². The highest BCUT2D eigenvalue weighted by Gasteiger charge is 2.13. The second kappa shape index (κ2) is 8.86. The quantitative estimate of drug-likeness (QED) is 0.264. The van der Waals surface area contributed by atoms with E-state index in [1.807, 2.05) is 24.3 Å². The van der Waals surface area contributed by atoms with Crippen LogP contribution in [-0.2, 0) is 24.2 Å². The van der Waals surface area contributed by atoms with Crippen LogP contribution in [-0.4, -0.2) is 12.1 Å². The van der Waals surface area contributed by atoms with Crippen LogP contribution in [0.5, 0.6) is 0 Å². The van der Waals surface area contributed by atoms with Gasteiger partial charge in [-0.2, -0.15) is 0 Å². The lowest BCUT2D eigenvalue weighted by atomic mass is 9.98. The highest BCUT2D eigenvalue weighted by atomic mass is 19.2. The van der Waals surface area contributed by atoms with Crippen molar-refractivity contribution in [3.63, 3.8) is 0 Å². The Labute approximate surface area is 177 Å². The van der Waals surface area contributed by atoms with E-state index in [0.29, 0.717) is 17.6 Å². The topological polar surface area (TPSA) is 22.1 Å². The Morgan fingerprint density at radius 1 is 0.774 bits per heavy atom. The van der Waals surface area contributed by atoms with Gasteiger partial charge in [-0.25, -0.2) is 17.6 Å². The van der Waals surface area contributed by atoms with E-state index in [-0.39, 0.29) is 24.2 Å². The van der Waals surface area contributed by atoms with Gasteiger partial charge in [-0.3, -0.25) is 4.98 Å². The second-order valence-electron chi connectivity index (χ2n) is 7.33. The maximum absolute atomic E-state index is 15.0. The molecule has 1 aromatic heterocycles. The molecular formula is C25H19F4NO. The maximum Gasteiger partial charge on any atom is 0.194 e. The summed E-state index contributed by atoms with van der Waals surface area (Å²) in [7, 11) is 1.62. The van der Waals surface area contributed by atoms with E-state index in [1.165, 1.54) is 0 Å². The van der Waals surface area contributed by atoms with Gasteiger partial charge in [-0.15, -0.1) is 0 Å². The molecule has 0 fully saturated rings. The van der Waals surface area contributed by atoms with Crippen molar-refractivity contribution >= 4 is 10.8 Å². The molecule has 0 saturated heterocycles. The predicted octanol–water partition coefficient (Wildman–Crippen LogP) is 6.39. The molecule has 2 nitrogen and oxygen atoms in total. The molecule has 0 aliphatic carbocycles. The van der Waals surface area contributed by atoms with Crippen LogP contribution >= 0.6 is 0 Å². The summed E-state index contributed by atoms with van der Waals surface area (Å²) in [4.78, 5) is 4.44. The van der Waals surface area contributed by atoms with Crippen molar-refractivity contribution in [1.29, 1.82) is 0 Å². The molecule has 158 valence electrons. The van der Waals surface area contributed by atoms with Gasteiger partial charge in [0.1, 0.15) is 5.82 Å². The first-order chi connectivity index (χ1) is 15.0. The normalized spacial score (nSPS) is 11.3. The molecule has 0 amide bonds. The lowest BCUT2D eigenvalue weighted by molar-refractivity contribution is 0.184. The van der Waals surface area contributed by atoms with Gasteiger partial charge in [0.15, 0.2) is 17.5 Å². The third kappa shape index (κ3) is 4.44. The Morgan fingerprint density at radius 3 is 2.23 bits per heavy atom. The number of fused-ring (bicyclic) bond motifs is 1. The number of aromatic nitrogens is 1. The minimum Gasteiger partial charge on any atom is -0.380 e. The number of rotatable bonds is 6. The van der Waals surface area contributed by atoms with E-state index in [4.69, 9.17) is 4.74 Å². The lowest BCUT2D eigenvalue weighted by Gasteiger charge is -2.09. The Balaban J connectivity index is 1.57. The van der Waals surface area contributed by atoms with E-state index >= 15 is 4.39 Å². The predicted molar refractivity (Wildman–Crippen MR) is 112 cm³/mol. The van der Waals surface area contributed by atoms with Crippen molar-refractivity contribution in [2.45, 2.75) is 19.4 Å². The fraction of sp³-hybridized carbons (Fsp3) is 0.160. The Morgan fingerprint density at radius 2 is 1.55 bits per heavy atom. The van der Waals surface area contributed by atoms with Gasteiger partial charge in [-0.05, 0) is 59.2 Å². The van der Waals surface area contributed by atoms with Gasteiger partial charge in [0.25, 0.3) is 0 Å². The van der Waals surface area contributed by atoms with Gasteiger partial charge in [0, 0.05) is 24.3 Å². The third-order valence-corrected chi connectivity index (χ3v) is 5.19. The van der Waals surface area contributed by atoms with E-state index in [0.717, 1.165) is 34.3 Å². The zero-order valence-electron chi connectivity index (χ0n) is 16.8. The molecule has 0 bridgehead atoms. The summed E-state index contributed by atoms with van der Waals surface area (Å²) in [6.45, 7) is 0.482. The zero-order chi connectivity index (χ0) is 22.0. The average Bonchev–Trinajstić information content (AvgIpc) is 2.77. The summed E-state index contributed by atoms with van der Waals surface area (Å²) < 4.78 is 60.0. The SMILES string of the molecule is COCc1ccc(-c2ccc3c(F)c(CCc4cc(F)c(F)c(F)c4)ccc3c2)nc1. The van der Waals surface area contributed by atoms with E-state index in [1.54, 1.807) is 31.5 Å². The van der Waals surface area contributed by atoms with Crippen molar-refractivity contribution in [2.75, 3.05) is 7.11 Å². The fourth-order valence-corrected chi connectivity index (χ4v) is 3.57. The summed E-state index contributed by atoms with van der Waals surface area (Å²) >= 11 is 0. The molecule has 6 heteroatoms. The molecule has 31 heavy (non-hydrogen) atoms. The summed E-state index contributed by atoms with van der Waals surface area (Å²) in [5.74, 6) is -4.37. The number of benzene rings is 3. The number of halogens is 4. The smallest absolute Gasteiger partial charge is 0.194 e. The van der Waals surface area contributed by atoms with Crippen LogP contribution in [0.4, 0.5) is 17.6 Å². The monoisotopic (exact) mass is 425 g/mol. The molecule has 3 aromatic carbocycles. The molecule has 0 radical (unpaired) electrons. The molecule has 0 spiro atoms. The van der Waals surface area contributed by atoms with Crippen LogP contribution in [0.3, 0.4) is 0 Å². The first-order valence-corrected chi connectivity index (χ1v) is 9.75. The number of hydrogen-bond acceptors (Lipinski definition) is 2. The number of pyridine rings is 1. The van der Waals surface area contributed by atoms with Crippen LogP contribution in [0.25, 0.3) is 22.0 Å². The first kappa shape index (κ1) is 21.0. The molecule has 0 aliphatic rings. The molecule has 1 heterocycles. The van der Waals surface area contributed by atoms with Gasteiger partial charge in [-0.1, -0.05) is 30.3 Å². The average molecular weight is 425 g/mol. The van der Waals surface area contributed by atoms with Crippen LogP contribution in [0.1, 0.15) is 16.7 Å². The Hall–Kier alpha value is -3.25. The molecule has 0 aliphatic heterocycles. The van der Waals surface area contributed by atoms with Crippen LogP contribution in [0, 0.1) is 23.3 Å². The first-order valence-electron chi connectivity index (χ1n) is 9.75. The van der Waals surface area contributed by atoms with E-state index in [9.17, 15) is 13.2 Å². The largest absolute Gasteiger partial charge is 0.380 e. The third-order valence-electron chi connectivity index (χ3n) is 5.19. The van der Waals surface area contributed by atoms with Gasteiger partial charge >= 0.3 is 0 Å². The van der Waals surface area contributed by atoms with Crippen LogP contribution in [0.15, 0.2) is 60.8 Å². The molecule has 0 atom stereocenters. The fourth-order valence-electron chi connectivity index (χ4n) is 3.57. The van der Waals surface area contributed by atoms with Gasteiger partial charge in [0.2, 0.25) is 0 Å². The van der Waals surface area contributed by atoms with Crippen molar-refractivity contribution in [2.24, 2.45) is 0 Å². The van der Waals surface area contributed by atoms with Crippen molar-refractivity contribution in [3.8, 4) is 11.3 Å². The highest BCUT2D eigenvalue weighted by Crippen LogP contribution is 2.27. The number of hydrogen-bond donors (Lipinski definition) is 0. The standard InChI is InChI=1S/C25H19F4NO/c1-31-14-16-3-9-23(30-13-16)19-7-8-20-18(12-19)6-5-17(24(20)28)4-2-15-10-21(26)25(29)22(27)11-15/h3,5-13H,2,4,14H2,1H3. The zero-order valence-corrected chi connectivity index (χ0v) is 16.8. The molecule has 4 rings (SSSR count). The van der Waals surface area contributed by atoms with Gasteiger partial charge < -0.3 is 4.74 Å². The summed E-state index contributed by atoms with van der Waals surface area (Å²) in [5, 5.41) is 1.18. The molecular weight excluding hydrogens is 406 g/mol. The maximum atomic E-state index is 15.0. The second-order valence-corrected chi connectivity index (χ2v) is 7.33. The number of aryl methyl sites for hydroxylation is 2. The Kier molecular flexibility index (Phi) is 6.00. The van der Waals surface area contributed by atoms with Crippen molar-refractivity contribution in [1.82, 2.24) is 4.98 Å². The van der Waals surface area contributed by atoms with E-state index < -0.39 is 17.5 Å². The summed E-state index contributed by atoms with van der Waals surface area (Å²) in [5.41, 5.74) is 3.29. The van der Waals surface area contributed by atoms with E-state index in [2.05, 4.69) is 4.98 Å². The highest BCUT2D eigenvalue weighted by molar-refractivity contribution is 5.88. The molecule has 0 N–H and O–H groups in total. The number of ether oxygens (including phenoxy) is 1. The molecule has 0 unspecified atom stereocenters.